The van der Waals surface area contributed by atoms with Crippen LogP contribution in [0.25, 0.3) is 0 Å². The van der Waals surface area contributed by atoms with E-state index in [9.17, 15) is 9.59 Å². The standard InChI is InChI=1S/C17H24N4O2S/c1-11-13(12(2)21-20-11)7-5-9-18-16(23)17(3,4)19-15(22)14-8-6-10-24-14/h6,8,10H,5,7,9H2,1-4H3,(H,18,23)(H,19,22)(H,20,21). The van der Waals surface area contributed by atoms with Gasteiger partial charge in [0.25, 0.3) is 5.91 Å². The number of aromatic nitrogens is 2. The van der Waals surface area contributed by atoms with Crippen molar-refractivity contribution in [1.29, 1.82) is 0 Å². The van der Waals surface area contributed by atoms with Crippen LogP contribution in [0.5, 0.6) is 0 Å². The first kappa shape index (κ1) is 18.2. The number of hydrogen-bond acceptors (Lipinski definition) is 4. The zero-order valence-corrected chi connectivity index (χ0v) is 15.3. The minimum Gasteiger partial charge on any atom is -0.354 e. The number of carbonyl (C=O) groups is 2. The van der Waals surface area contributed by atoms with Gasteiger partial charge in [-0.05, 0) is 57.5 Å². The Morgan fingerprint density at radius 3 is 2.67 bits per heavy atom. The lowest BCUT2D eigenvalue weighted by molar-refractivity contribution is -0.126. The highest BCUT2D eigenvalue weighted by atomic mass is 32.1. The number of nitrogens with zero attached hydrogens (tertiary/aromatic N) is 1. The van der Waals surface area contributed by atoms with E-state index in [0.29, 0.717) is 11.4 Å². The van der Waals surface area contributed by atoms with Crippen LogP contribution in [0.4, 0.5) is 0 Å². The summed E-state index contributed by atoms with van der Waals surface area (Å²) in [5, 5.41) is 14.6. The maximum atomic E-state index is 12.3. The molecule has 0 spiro atoms. The lowest BCUT2D eigenvalue weighted by atomic mass is 10.0. The van der Waals surface area contributed by atoms with Crippen molar-refractivity contribution in [2.75, 3.05) is 6.54 Å². The smallest absolute Gasteiger partial charge is 0.262 e. The highest BCUT2D eigenvalue weighted by Gasteiger charge is 2.29. The van der Waals surface area contributed by atoms with Crippen LogP contribution >= 0.6 is 11.3 Å². The van der Waals surface area contributed by atoms with E-state index in [1.165, 1.54) is 16.9 Å². The molecule has 0 fully saturated rings. The van der Waals surface area contributed by atoms with Crippen molar-refractivity contribution in [2.45, 2.75) is 46.1 Å². The van der Waals surface area contributed by atoms with E-state index >= 15 is 0 Å². The fourth-order valence-electron chi connectivity index (χ4n) is 2.44. The number of rotatable bonds is 7. The van der Waals surface area contributed by atoms with Crippen LogP contribution in [0.15, 0.2) is 17.5 Å². The molecule has 0 aliphatic carbocycles. The molecule has 3 N–H and O–H groups in total. The van der Waals surface area contributed by atoms with Gasteiger partial charge in [-0.1, -0.05) is 6.07 Å². The number of thiophene rings is 1. The molecule has 6 nitrogen and oxygen atoms in total. The fourth-order valence-corrected chi connectivity index (χ4v) is 3.06. The van der Waals surface area contributed by atoms with E-state index in [4.69, 9.17) is 0 Å². The second kappa shape index (κ2) is 7.61. The molecule has 0 radical (unpaired) electrons. The molecule has 0 bridgehead atoms. The minimum absolute atomic E-state index is 0.187. The van der Waals surface area contributed by atoms with Gasteiger partial charge in [-0.3, -0.25) is 14.7 Å². The number of H-pyrrole nitrogens is 1. The molecule has 7 heteroatoms. The molecule has 0 aliphatic rings. The molecule has 2 amide bonds. The summed E-state index contributed by atoms with van der Waals surface area (Å²) in [5.74, 6) is -0.414. The molecule has 2 aromatic heterocycles. The highest BCUT2D eigenvalue weighted by molar-refractivity contribution is 7.12. The van der Waals surface area contributed by atoms with Crippen LogP contribution in [-0.2, 0) is 11.2 Å². The molecule has 2 aromatic rings. The van der Waals surface area contributed by atoms with E-state index in [1.54, 1.807) is 19.9 Å². The van der Waals surface area contributed by atoms with Gasteiger partial charge in [0.05, 0.1) is 10.6 Å². The molecular weight excluding hydrogens is 324 g/mol. The third kappa shape index (κ3) is 4.44. The molecule has 2 rings (SSSR count). The zero-order chi connectivity index (χ0) is 17.7. The minimum atomic E-state index is -0.956. The molecule has 0 unspecified atom stereocenters. The van der Waals surface area contributed by atoms with Gasteiger partial charge < -0.3 is 10.6 Å². The van der Waals surface area contributed by atoms with Crippen LogP contribution in [-0.4, -0.2) is 34.1 Å². The predicted octanol–water partition coefficient (Wildman–Crippen LogP) is 2.35. The summed E-state index contributed by atoms with van der Waals surface area (Å²) >= 11 is 1.35. The molecule has 130 valence electrons. The van der Waals surface area contributed by atoms with Crippen molar-refractivity contribution in [3.63, 3.8) is 0 Å². The highest BCUT2D eigenvalue weighted by Crippen LogP contribution is 2.12. The van der Waals surface area contributed by atoms with Crippen LogP contribution < -0.4 is 10.6 Å². The SMILES string of the molecule is Cc1n[nH]c(C)c1CCCNC(=O)C(C)(C)NC(=O)c1cccs1. The molecule has 0 aliphatic heterocycles. The molecule has 0 aromatic carbocycles. The van der Waals surface area contributed by atoms with E-state index in [0.717, 1.165) is 24.2 Å². The van der Waals surface area contributed by atoms with E-state index < -0.39 is 5.54 Å². The van der Waals surface area contributed by atoms with Gasteiger partial charge in [0.1, 0.15) is 5.54 Å². The number of nitrogens with one attached hydrogen (secondary N) is 3. The zero-order valence-electron chi connectivity index (χ0n) is 14.5. The maximum Gasteiger partial charge on any atom is 0.262 e. The van der Waals surface area contributed by atoms with Gasteiger partial charge >= 0.3 is 0 Å². The topological polar surface area (TPSA) is 86.9 Å². The van der Waals surface area contributed by atoms with Gasteiger partial charge in [-0.2, -0.15) is 5.10 Å². The van der Waals surface area contributed by atoms with Crippen molar-refractivity contribution >= 4 is 23.2 Å². The van der Waals surface area contributed by atoms with Crippen LogP contribution in [0.1, 0.15) is 46.9 Å². The Balaban J connectivity index is 1.79. The number of aryl methyl sites for hydroxylation is 2. The van der Waals surface area contributed by atoms with Crippen LogP contribution in [0.2, 0.25) is 0 Å². The third-order valence-corrected chi connectivity index (χ3v) is 4.78. The van der Waals surface area contributed by atoms with Gasteiger partial charge in [-0.25, -0.2) is 0 Å². The largest absolute Gasteiger partial charge is 0.354 e. The maximum absolute atomic E-state index is 12.3. The van der Waals surface area contributed by atoms with E-state index in [-0.39, 0.29) is 11.8 Å². The first-order valence-electron chi connectivity index (χ1n) is 7.96. The summed E-state index contributed by atoms with van der Waals surface area (Å²) in [6, 6.07) is 3.55. The summed E-state index contributed by atoms with van der Waals surface area (Å²) in [5.41, 5.74) is 2.32. The lowest BCUT2D eigenvalue weighted by Crippen LogP contribution is -2.54. The fraction of sp³-hybridized carbons (Fsp3) is 0.471. The van der Waals surface area contributed by atoms with Gasteiger partial charge in [0.15, 0.2) is 0 Å². The van der Waals surface area contributed by atoms with Gasteiger partial charge in [0.2, 0.25) is 5.91 Å². The van der Waals surface area contributed by atoms with E-state index in [1.807, 2.05) is 25.3 Å². The van der Waals surface area contributed by atoms with Crippen molar-refractivity contribution < 1.29 is 9.59 Å². The Labute approximate surface area is 146 Å². The summed E-state index contributed by atoms with van der Waals surface area (Å²) in [4.78, 5) is 25.0. The molecule has 0 saturated carbocycles. The first-order chi connectivity index (χ1) is 11.3. The molecule has 0 atom stereocenters. The first-order valence-corrected chi connectivity index (χ1v) is 8.84. The number of amides is 2. The summed E-state index contributed by atoms with van der Waals surface area (Å²) in [6.07, 6.45) is 1.68. The average Bonchev–Trinajstić information content (AvgIpc) is 3.15. The molecule has 24 heavy (non-hydrogen) atoms. The third-order valence-electron chi connectivity index (χ3n) is 3.91. The van der Waals surface area contributed by atoms with Crippen LogP contribution in [0, 0.1) is 13.8 Å². The number of carbonyl (C=O) groups excluding carboxylic acids is 2. The Bertz CT molecular complexity index is 685. The summed E-state index contributed by atoms with van der Waals surface area (Å²) < 4.78 is 0. The molecular formula is C17H24N4O2S. The quantitative estimate of drug-likeness (QED) is 0.671. The van der Waals surface area contributed by atoms with Crippen molar-refractivity contribution in [3.8, 4) is 0 Å². The number of hydrogen-bond donors (Lipinski definition) is 3. The number of aromatic amines is 1. The molecule has 2 heterocycles. The van der Waals surface area contributed by atoms with Crippen molar-refractivity contribution in [3.05, 3.63) is 39.3 Å². The predicted molar refractivity (Wildman–Crippen MR) is 95.3 cm³/mol. The Kier molecular flexibility index (Phi) is 5.77. The Morgan fingerprint density at radius 1 is 1.33 bits per heavy atom. The summed E-state index contributed by atoms with van der Waals surface area (Å²) in [7, 11) is 0. The van der Waals surface area contributed by atoms with Crippen molar-refractivity contribution in [2.24, 2.45) is 0 Å². The monoisotopic (exact) mass is 348 g/mol. The Morgan fingerprint density at radius 2 is 2.08 bits per heavy atom. The van der Waals surface area contributed by atoms with Gasteiger partial charge in [-0.15, -0.1) is 11.3 Å². The van der Waals surface area contributed by atoms with Crippen LogP contribution in [0.3, 0.4) is 0 Å². The average molecular weight is 348 g/mol. The summed E-state index contributed by atoms with van der Waals surface area (Å²) in [6.45, 7) is 7.94. The van der Waals surface area contributed by atoms with E-state index in [2.05, 4.69) is 20.8 Å². The normalized spacial score (nSPS) is 11.3. The molecule has 0 saturated heterocycles. The van der Waals surface area contributed by atoms with Gasteiger partial charge in [0, 0.05) is 12.2 Å². The Hall–Kier alpha value is -2.15. The van der Waals surface area contributed by atoms with Crippen molar-refractivity contribution in [1.82, 2.24) is 20.8 Å². The lowest BCUT2D eigenvalue weighted by Gasteiger charge is -2.24. The second-order valence-corrected chi connectivity index (χ2v) is 7.28. The second-order valence-electron chi connectivity index (χ2n) is 6.33.